The van der Waals surface area contributed by atoms with Crippen molar-refractivity contribution in [2.24, 2.45) is 4.99 Å². The molecule has 1 aromatic heterocycles. The smallest absolute Gasteiger partial charge is 0.264 e. The zero-order valence-electron chi connectivity index (χ0n) is 14.7. The zero-order chi connectivity index (χ0) is 19.7. The van der Waals surface area contributed by atoms with Gasteiger partial charge in [0.05, 0.1) is 15.6 Å². The summed E-state index contributed by atoms with van der Waals surface area (Å²) in [6.07, 6.45) is 1.68. The van der Waals surface area contributed by atoms with E-state index in [4.69, 9.17) is 27.6 Å². The van der Waals surface area contributed by atoms with Crippen LogP contribution in [0.4, 0.5) is 5.69 Å². The molecular weight excluding hydrogens is 415 g/mol. The summed E-state index contributed by atoms with van der Waals surface area (Å²) >= 11 is 13.5. The van der Waals surface area contributed by atoms with Crippen LogP contribution in [0.5, 0.6) is 0 Å². The Morgan fingerprint density at radius 1 is 1.07 bits per heavy atom. The van der Waals surface area contributed by atoms with Crippen LogP contribution in [-0.4, -0.2) is 11.1 Å². The number of benzene rings is 2. The standard InChI is InChI=1S/C21H14Cl2N2O2S/c1-12-2-5-14(6-3-12)24-21-25-20(26)19(28-21)11-15-7-9-18(27-15)16-10-13(22)4-8-17(16)23/h2-11H,1H3,(H,24,25,26)/b19-11+. The third-order valence-corrected chi connectivity index (χ3v) is 5.48. The maximum atomic E-state index is 12.2. The zero-order valence-corrected chi connectivity index (χ0v) is 17.0. The predicted octanol–water partition coefficient (Wildman–Crippen LogP) is 6.45. The molecule has 4 rings (SSSR count). The summed E-state index contributed by atoms with van der Waals surface area (Å²) in [7, 11) is 0. The third-order valence-electron chi connectivity index (χ3n) is 4.01. The maximum absolute atomic E-state index is 12.2. The van der Waals surface area contributed by atoms with Gasteiger partial charge in [-0.25, -0.2) is 4.99 Å². The Balaban J connectivity index is 1.56. The second-order valence-electron chi connectivity index (χ2n) is 6.14. The minimum atomic E-state index is -0.213. The molecule has 3 aromatic rings. The molecule has 0 aliphatic carbocycles. The van der Waals surface area contributed by atoms with Crippen LogP contribution in [-0.2, 0) is 4.79 Å². The molecule has 4 nitrogen and oxygen atoms in total. The summed E-state index contributed by atoms with van der Waals surface area (Å²) in [5.41, 5.74) is 2.63. The molecule has 0 atom stereocenters. The number of carbonyl (C=O) groups excluding carboxylic acids is 1. The number of thioether (sulfide) groups is 1. The number of amides is 1. The van der Waals surface area contributed by atoms with E-state index in [0.717, 1.165) is 11.3 Å². The van der Waals surface area contributed by atoms with Gasteiger partial charge in [-0.1, -0.05) is 40.9 Å². The van der Waals surface area contributed by atoms with Crippen molar-refractivity contribution in [2.45, 2.75) is 6.92 Å². The van der Waals surface area contributed by atoms with E-state index < -0.39 is 0 Å². The molecule has 0 bridgehead atoms. The van der Waals surface area contributed by atoms with Crippen LogP contribution in [0, 0.1) is 6.92 Å². The molecule has 28 heavy (non-hydrogen) atoms. The van der Waals surface area contributed by atoms with Crippen molar-refractivity contribution < 1.29 is 9.21 Å². The molecule has 1 fully saturated rings. The number of aliphatic imine (C=N–C) groups is 1. The highest BCUT2D eigenvalue weighted by Crippen LogP contribution is 2.33. The molecule has 7 heteroatoms. The van der Waals surface area contributed by atoms with Crippen LogP contribution in [0.1, 0.15) is 11.3 Å². The van der Waals surface area contributed by atoms with Crippen LogP contribution in [0.2, 0.25) is 10.0 Å². The summed E-state index contributed by atoms with van der Waals surface area (Å²) in [6.45, 7) is 2.01. The van der Waals surface area contributed by atoms with Gasteiger partial charge in [0, 0.05) is 16.7 Å². The van der Waals surface area contributed by atoms with E-state index in [0.29, 0.717) is 37.2 Å². The minimum Gasteiger partial charge on any atom is -0.457 e. The highest BCUT2D eigenvalue weighted by molar-refractivity contribution is 8.18. The van der Waals surface area contributed by atoms with Gasteiger partial charge in [0.25, 0.3) is 5.91 Å². The lowest BCUT2D eigenvalue weighted by Gasteiger charge is -2.01. The molecule has 1 N–H and O–H groups in total. The molecule has 140 valence electrons. The SMILES string of the molecule is Cc1ccc(N=C2NC(=O)/C(=C\c3ccc(-c4cc(Cl)ccc4Cl)o3)S2)cc1. The van der Waals surface area contributed by atoms with Gasteiger partial charge in [-0.05, 0) is 61.2 Å². The van der Waals surface area contributed by atoms with Gasteiger partial charge in [-0.2, -0.15) is 0 Å². The van der Waals surface area contributed by atoms with E-state index in [1.165, 1.54) is 11.8 Å². The van der Waals surface area contributed by atoms with E-state index >= 15 is 0 Å². The Hall–Kier alpha value is -2.47. The number of furan rings is 1. The largest absolute Gasteiger partial charge is 0.457 e. The maximum Gasteiger partial charge on any atom is 0.264 e. The first-order valence-corrected chi connectivity index (χ1v) is 9.97. The van der Waals surface area contributed by atoms with Crippen LogP contribution in [0.3, 0.4) is 0 Å². The molecular formula is C21H14Cl2N2O2S. The second kappa shape index (κ2) is 7.87. The first-order valence-electron chi connectivity index (χ1n) is 8.39. The minimum absolute atomic E-state index is 0.213. The van der Waals surface area contributed by atoms with E-state index in [-0.39, 0.29) is 5.91 Å². The second-order valence-corrected chi connectivity index (χ2v) is 8.02. The van der Waals surface area contributed by atoms with Crippen LogP contribution in [0.15, 0.2) is 68.9 Å². The molecule has 1 aliphatic heterocycles. The fraction of sp³-hybridized carbons (Fsp3) is 0.0476. The number of amidine groups is 1. The average molecular weight is 429 g/mol. The highest BCUT2D eigenvalue weighted by atomic mass is 35.5. The topological polar surface area (TPSA) is 54.6 Å². The van der Waals surface area contributed by atoms with E-state index in [1.807, 2.05) is 31.2 Å². The Morgan fingerprint density at radius 3 is 2.64 bits per heavy atom. The number of hydrogen-bond donors (Lipinski definition) is 1. The first-order chi connectivity index (χ1) is 13.5. The lowest BCUT2D eigenvalue weighted by atomic mass is 10.2. The van der Waals surface area contributed by atoms with E-state index in [1.54, 1.807) is 36.4 Å². The molecule has 0 unspecified atom stereocenters. The molecule has 0 radical (unpaired) electrons. The molecule has 2 aromatic carbocycles. The van der Waals surface area contributed by atoms with Crippen LogP contribution < -0.4 is 5.32 Å². The number of aryl methyl sites for hydroxylation is 1. The number of carbonyl (C=O) groups is 1. The Morgan fingerprint density at radius 2 is 1.86 bits per heavy atom. The van der Waals surface area contributed by atoms with Gasteiger partial charge in [-0.15, -0.1) is 0 Å². The number of nitrogens with zero attached hydrogens (tertiary/aromatic N) is 1. The van der Waals surface area contributed by atoms with Crippen molar-refractivity contribution in [3.63, 3.8) is 0 Å². The van der Waals surface area contributed by atoms with E-state index in [9.17, 15) is 4.79 Å². The van der Waals surface area contributed by atoms with Gasteiger partial charge < -0.3 is 9.73 Å². The monoisotopic (exact) mass is 428 g/mol. The summed E-state index contributed by atoms with van der Waals surface area (Å²) < 4.78 is 5.83. The van der Waals surface area contributed by atoms with Gasteiger partial charge >= 0.3 is 0 Å². The molecule has 2 heterocycles. The van der Waals surface area contributed by atoms with Crippen molar-refractivity contribution in [1.29, 1.82) is 0 Å². The Kier molecular flexibility index (Phi) is 5.31. The normalized spacial score (nSPS) is 16.8. The summed E-state index contributed by atoms with van der Waals surface area (Å²) in [6, 6.07) is 16.5. The first kappa shape index (κ1) is 18.9. The van der Waals surface area contributed by atoms with Crippen LogP contribution >= 0.6 is 35.0 Å². The van der Waals surface area contributed by atoms with E-state index in [2.05, 4.69) is 10.3 Å². The molecule has 1 saturated heterocycles. The lowest BCUT2D eigenvalue weighted by molar-refractivity contribution is -0.115. The molecule has 1 amide bonds. The van der Waals surface area contributed by atoms with Crippen molar-refractivity contribution in [2.75, 3.05) is 0 Å². The van der Waals surface area contributed by atoms with Gasteiger partial charge in [0.2, 0.25) is 0 Å². The summed E-state index contributed by atoms with van der Waals surface area (Å²) in [5, 5.41) is 4.41. The summed E-state index contributed by atoms with van der Waals surface area (Å²) in [4.78, 5) is 17.2. The van der Waals surface area contributed by atoms with Gasteiger partial charge in [0.1, 0.15) is 11.5 Å². The summed E-state index contributed by atoms with van der Waals surface area (Å²) in [5.74, 6) is 0.908. The fourth-order valence-corrected chi connectivity index (χ4v) is 3.81. The predicted molar refractivity (Wildman–Crippen MR) is 116 cm³/mol. The average Bonchev–Trinajstić information content (AvgIpc) is 3.26. The van der Waals surface area contributed by atoms with Crippen molar-refractivity contribution in [3.05, 3.63) is 80.9 Å². The van der Waals surface area contributed by atoms with Crippen molar-refractivity contribution >= 4 is 57.8 Å². The Labute approximate surface area is 176 Å². The molecule has 0 saturated carbocycles. The van der Waals surface area contributed by atoms with Crippen LogP contribution in [0.25, 0.3) is 17.4 Å². The lowest BCUT2D eigenvalue weighted by Crippen LogP contribution is -2.19. The molecule has 1 aliphatic rings. The number of hydrogen-bond acceptors (Lipinski definition) is 4. The quantitative estimate of drug-likeness (QED) is 0.487. The fourth-order valence-electron chi connectivity index (χ4n) is 2.61. The Bertz CT molecular complexity index is 1120. The molecule has 0 spiro atoms. The van der Waals surface area contributed by atoms with Crippen molar-refractivity contribution in [3.8, 4) is 11.3 Å². The van der Waals surface area contributed by atoms with Crippen molar-refractivity contribution in [1.82, 2.24) is 5.32 Å². The highest BCUT2D eigenvalue weighted by Gasteiger charge is 2.24. The number of nitrogens with one attached hydrogen (secondary N) is 1. The third kappa shape index (κ3) is 4.17. The van der Waals surface area contributed by atoms with Gasteiger partial charge in [-0.3, -0.25) is 4.79 Å². The number of rotatable bonds is 3. The number of halogens is 2. The van der Waals surface area contributed by atoms with Gasteiger partial charge in [0.15, 0.2) is 5.17 Å².